The molecule has 0 radical (unpaired) electrons. The molecule has 4 heterocycles. The van der Waals surface area contributed by atoms with Crippen LogP contribution in [0.15, 0.2) is 97.1 Å². The molecule has 0 aromatic heterocycles. The molecule has 14 nitrogen and oxygen atoms in total. The fourth-order valence-corrected chi connectivity index (χ4v) is 15.1. The van der Waals surface area contributed by atoms with Gasteiger partial charge in [-0.3, -0.25) is 19.2 Å². The highest BCUT2D eigenvalue weighted by atomic mass is 35.5. The van der Waals surface area contributed by atoms with Crippen LogP contribution >= 0.6 is 23.2 Å². The first-order chi connectivity index (χ1) is 39.5. The van der Waals surface area contributed by atoms with E-state index in [1.165, 1.54) is 22.3 Å². The molecule has 0 unspecified atom stereocenters. The number of amides is 2. The van der Waals surface area contributed by atoms with Crippen molar-refractivity contribution in [3.05, 3.63) is 141 Å². The number of benzene rings is 4. The average molecular weight is 1160 g/mol. The van der Waals surface area contributed by atoms with Crippen LogP contribution in [0.2, 0.25) is 10.0 Å². The molecule has 8 aliphatic rings. The minimum absolute atomic E-state index is 0.111. The molecule has 436 valence electrons. The molecule has 2 saturated carbocycles. The summed E-state index contributed by atoms with van der Waals surface area (Å²) in [5, 5.41) is 44.0. The molecule has 4 aromatic rings. The molecule has 4 aliphatic heterocycles. The number of carboxylic acid groups (broad SMARTS) is 2. The van der Waals surface area contributed by atoms with E-state index in [0.717, 1.165) is 123 Å². The first-order valence-electron chi connectivity index (χ1n) is 29.7. The van der Waals surface area contributed by atoms with Gasteiger partial charge in [-0.1, -0.05) is 71.8 Å². The van der Waals surface area contributed by atoms with Gasteiger partial charge in [0.1, 0.15) is 11.5 Å². The lowest BCUT2D eigenvalue weighted by atomic mass is 9.68. The largest absolute Gasteiger partial charge is 0.490 e. The lowest BCUT2D eigenvalue weighted by molar-refractivity contribution is -0.142. The molecule has 2 amide bonds. The molecular formula is C66H78Cl2N4O10. The van der Waals surface area contributed by atoms with Gasteiger partial charge < -0.3 is 49.5 Å². The van der Waals surface area contributed by atoms with Gasteiger partial charge in [0.2, 0.25) is 11.8 Å². The monoisotopic (exact) mass is 1160 g/mol. The molecule has 4 N–H and O–H groups in total. The summed E-state index contributed by atoms with van der Waals surface area (Å²) in [6, 6.07) is 23.6. The van der Waals surface area contributed by atoms with E-state index in [4.69, 9.17) is 32.7 Å². The van der Waals surface area contributed by atoms with Gasteiger partial charge in [0.25, 0.3) is 0 Å². The normalized spacial score (nSPS) is 30.9. The Morgan fingerprint density at radius 3 is 1.40 bits per heavy atom. The molecule has 12 rings (SSSR count). The second kappa shape index (κ2) is 24.3. The molecule has 4 aliphatic carbocycles. The zero-order chi connectivity index (χ0) is 57.5. The van der Waals surface area contributed by atoms with Crippen molar-refractivity contribution in [1.29, 1.82) is 0 Å². The first kappa shape index (κ1) is 57.7. The predicted molar refractivity (Wildman–Crippen MR) is 318 cm³/mol. The van der Waals surface area contributed by atoms with Crippen molar-refractivity contribution in [3.63, 3.8) is 0 Å². The van der Waals surface area contributed by atoms with Crippen LogP contribution in [0.5, 0.6) is 11.5 Å². The minimum atomic E-state index is -1.01. The zero-order valence-corrected chi connectivity index (χ0v) is 48.7. The molecule has 2 fully saturated rings. The maximum atomic E-state index is 13.0. The highest BCUT2D eigenvalue weighted by Crippen LogP contribution is 2.50. The number of rotatable bonds is 2. The van der Waals surface area contributed by atoms with Crippen LogP contribution in [0, 0.1) is 23.7 Å². The van der Waals surface area contributed by atoms with Crippen molar-refractivity contribution < 1.29 is 49.1 Å². The van der Waals surface area contributed by atoms with Gasteiger partial charge in [-0.25, -0.2) is 0 Å². The lowest BCUT2D eigenvalue weighted by Gasteiger charge is -2.45. The van der Waals surface area contributed by atoms with Crippen LogP contribution in [0.4, 0.5) is 11.4 Å². The van der Waals surface area contributed by atoms with Crippen LogP contribution in [0.1, 0.15) is 122 Å². The highest BCUT2D eigenvalue weighted by molar-refractivity contribution is 6.31. The van der Waals surface area contributed by atoms with Crippen molar-refractivity contribution in [2.24, 2.45) is 23.7 Å². The maximum Gasteiger partial charge on any atom is 0.311 e. The van der Waals surface area contributed by atoms with Crippen molar-refractivity contribution in [2.45, 2.75) is 125 Å². The van der Waals surface area contributed by atoms with Gasteiger partial charge in [-0.2, -0.15) is 0 Å². The Morgan fingerprint density at radius 1 is 0.585 bits per heavy atom. The number of hydrogen-bond acceptors (Lipinski definition) is 10. The van der Waals surface area contributed by atoms with Gasteiger partial charge in [0, 0.05) is 87.1 Å². The number of hydrogen-bond donors (Lipinski definition) is 4. The van der Waals surface area contributed by atoms with Crippen molar-refractivity contribution >= 4 is 58.3 Å². The number of carbonyl (C=O) groups is 4. The van der Waals surface area contributed by atoms with Crippen LogP contribution in [-0.2, 0) is 42.8 Å². The van der Waals surface area contributed by atoms with E-state index in [0.29, 0.717) is 62.1 Å². The number of aliphatic hydroxyl groups excluding tert-OH is 2. The Morgan fingerprint density at radius 2 is 1.01 bits per heavy atom. The van der Waals surface area contributed by atoms with E-state index in [2.05, 4.69) is 34.1 Å². The van der Waals surface area contributed by atoms with Crippen LogP contribution in [0.25, 0.3) is 0 Å². The molecule has 16 heteroatoms. The summed E-state index contributed by atoms with van der Waals surface area (Å²) in [6.45, 7) is 4.95. The molecule has 4 aromatic carbocycles. The summed E-state index contributed by atoms with van der Waals surface area (Å²) in [7, 11) is 3.41. The van der Waals surface area contributed by atoms with E-state index in [1.807, 2.05) is 60.7 Å². The van der Waals surface area contributed by atoms with Crippen molar-refractivity contribution in [3.8, 4) is 11.5 Å². The Balaban J connectivity index is 0.000000172. The van der Waals surface area contributed by atoms with Crippen LogP contribution < -0.4 is 19.3 Å². The standard InChI is InChI=1S/2C33H39ClN2O5/c2*1-35-14-3-2-6-29(37)25-10-7-23(25)18-36-19-33(13-4-5-22-15-24(34)9-11-27(22)33)20-41-30-12-8-21(16-28(30)36)26(32(39)40)17-31(35)38/h2*2,6,8-9,11-12,15-16,23,25-26,29,37H,3-5,7,10,13-14,17-20H2,1H3,(H,39,40)/b2*6-2+/t23-,25+,26+,29-,33-;23-,25+,26-,29-,33-/m00/s1. The van der Waals surface area contributed by atoms with Gasteiger partial charge in [0.15, 0.2) is 0 Å². The Bertz CT molecular complexity index is 2930. The minimum Gasteiger partial charge on any atom is -0.490 e. The number of fused-ring (bicyclic) bond motifs is 8. The lowest BCUT2D eigenvalue weighted by Crippen LogP contribution is -2.49. The molecule has 2 spiro atoms. The molecule has 82 heavy (non-hydrogen) atoms. The Kier molecular flexibility index (Phi) is 17.1. The van der Waals surface area contributed by atoms with Crippen LogP contribution in [0.3, 0.4) is 0 Å². The smallest absolute Gasteiger partial charge is 0.311 e. The van der Waals surface area contributed by atoms with E-state index in [1.54, 1.807) is 36.0 Å². The Hall–Kier alpha value is -6.06. The van der Waals surface area contributed by atoms with Gasteiger partial charge >= 0.3 is 11.9 Å². The number of ether oxygens (including phenoxy) is 2. The third kappa shape index (κ3) is 11.9. The second-order valence-corrected chi connectivity index (χ2v) is 25.8. The van der Waals surface area contributed by atoms with E-state index < -0.39 is 36.0 Å². The van der Waals surface area contributed by atoms with Gasteiger partial charge in [0.05, 0.1) is 48.6 Å². The van der Waals surface area contributed by atoms with Gasteiger partial charge in [-0.05, 0) is 183 Å². The third-order valence-electron chi connectivity index (χ3n) is 19.8. The number of carbonyl (C=O) groups excluding carboxylic acids is 2. The number of nitrogens with zero attached hydrogens (tertiary/aromatic N) is 4. The maximum absolute atomic E-state index is 13.0. The highest BCUT2D eigenvalue weighted by Gasteiger charge is 2.47. The fourth-order valence-electron chi connectivity index (χ4n) is 14.7. The van der Waals surface area contributed by atoms with Crippen molar-refractivity contribution in [1.82, 2.24) is 9.80 Å². The molecule has 4 bridgehead atoms. The number of carboxylic acids is 2. The number of anilines is 2. The second-order valence-electron chi connectivity index (χ2n) is 24.9. The third-order valence-corrected chi connectivity index (χ3v) is 20.3. The van der Waals surface area contributed by atoms with Crippen molar-refractivity contribution in [2.75, 3.05) is 76.4 Å². The summed E-state index contributed by atoms with van der Waals surface area (Å²) in [4.78, 5) is 58.9. The predicted octanol–water partition coefficient (Wildman–Crippen LogP) is 10.4. The fraction of sp³-hybridized carbons (Fsp3) is 0.515. The summed E-state index contributed by atoms with van der Waals surface area (Å²) >= 11 is 12.8. The number of aliphatic hydroxyl groups is 2. The quantitative estimate of drug-likeness (QED) is 0.140. The summed E-state index contributed by atoms with van der Waals surface area (Å²) in [5.74, 6) is -1.94. The van der Waals surface area contributed by atoms with E-state index in [-0.39, 0.29) is 47.3 Å². The number of aliphatic carboxylic acids is 2. The first-order valence-corrected chi connectivity index (χ1v) is 30.5. The van der Waals surface area contributed by atoms with Crippen LogP contribution in [-0.4, -0.2) is 133 Å². The number of aryl methyl sites for hydroxylation is 2. The average Bonchev–Trinajstić information content (AvgIpc) is 2.73. The number of halogens is 2. The Labute approximate surface area is 491 Å². The topological polar surface area (TPSA) is 181 Å². The molecular weight excluding hydrogens is 1080 g/mol. The molecule has 10 atom stereocenters. The summed E-state index contributed by atoms with van der Waals surface area (Å²) < 4.78 is 13.1. The summed E-state index contributed by atoms with van der Waals surface area (Å²) in [6.07, 6.45) is 17.6. The SMILES string of the molecule is CN1CC/C=C/[C@H](O)[C@@H]2CC[C@H]2CN2C[C@@]3(CCCc4cc(Cl)ccc43)COc3ccc(cc32)[C@@H](C(=O)O)CC1=O.CN1CC/C=C/[C@H](O)[C@@H]2CC[C@H]2CN2C[C@@]3(CCCc4cc(Cl)ccc43)COc3ccc(cc32)[C@H](C(=O)O)CC1=O. The van der Waals surface area contributed by atoms with Gasteiger partial charge in [-0.15, -0.1) is 0 Å². The van der Waals surface area contributed by atoms with E-state index in [9.17, 15) is 39.6 Å². The summed E-state index contributed by atoms with van der Waals surface area (Å²) in [5.41, 5.74) is 7.57. The zero-order valence-electron chi connectivity index (χ0n) is 47.2. The molecule has 0 saturated heterocycles. The van der Waals surface area contributed by atoms with E-state index >= 15 is 0 Å².